The lowest BCUT2D eigenvalue weighted by Gasteiger charge is -2.04. The molecule has 0 aliphatic carbocycles. The van der Waals surface area contributed by atoms with E-state index in [1.807, 2.05) is 5.38 Å². The molecular weight excluding hydrogens is 268 g/mol. The van der Waals surface area contributed by atoms with Gasteiger partial charge in [-0.2, -0.15) is 0 Å². The predicted molar refractivity (Wildman–Crippen MR) is 85.0 cm³/mol. The van der Waals surface area contributed by atoms with Crippen LogP contribution in [0.4, 0.5) is 5.13 Å². The summed E-state index contributed by atoms with van der Waals surface area (Å²) in [7, 11) is 0. The van der Waals surface area contributed by atoms with E-state index in [9.17, 15) is 4.79 Å². The van der Waals surface area contributed by atoms with E-state index in [4.69, 9.17) is 0 Å². The minimum atomic E-state index is 0.0449. The van der Waals surface area contributed by atoms with Crippen LogP contribution in [-0.2, 0) is 4.79 Å². The van der Waals surface area contributed by atoms with Crippen LogP contribution >= 0.6 is 11.3 Å². The van der Waals surface area contributed by atoms with Crippen LogP contribution < -0.4 is 5.32 Å². The lowest BCUT2D eigenvalue weighted by molar-refractivity contribution is -0.116. The number of carbonyl (C=O) groups excluding carboxylic acids is 1. The van der Waals surface area contributed by atoms with Gasteiger partial charge in [-0.1, -0.05) is 43.7 Å². The fraction of sp³-hybridized carbons (Fsp3) is 0.375. The maximum Gasteiger partial charge on any atom is 0.226 e. The van der Waals surface area contributed by atoms with Crippen molar-refractivity contribution < 1.29 is 4.79 Å². The third-order valence-corrected chi connectivity index (χ3v) is 3.80. The standard InChI is InChI=1S/C16H20N2OS/c1-11(2)4-9-15(19)18-16-17-14(10-20-16)13-7-5-12(3)6-8-13/h5-8,10-11H,4,9H2,1-3H3,(H,17,18,19). The predicted octanol–water partition coefficient (Wildman–Crippen LogP) is 4.49. The Morgan fingerprint density at radius 3 is 2.65 bits per heavy atom. The molecule has 0 radical (unpaired) electrons. The van der Waals surface area contributed by atoms with Crippen molar-refractivity contribution in [3.8, 4) is 11.3 Å². The summed E-state index contributed by atoms with van der Waals surface area (Å²) in [5, 5.41) is 5.52. The highest BCUT2D eigenvalue weighted by atomic mass is 32.1. The molecule has 4 heteroatoms. The van der Waals surface area contributed by atoms with Crippen LogP contribution in [0.3, 0.4) is 0 Å². The number of hydrogen-bond donors (Lipinski definition) is 1. The normalized spacial score (nSPS) is 10.8. The van der Waals surface area contributed by atoms with Gasteiger partial charge in [0.15, 0.2) is 5.13 Å². The third-order valence-electron chi connectivity index (χ3n) is 3.05. The van der Waals surface area contributed by atoms with Gasteiger partial charge in [0.1, 0.15) is 0 Å². The highest BCUT2D eigenvalue weighted by molar-refractivity contribution is 7.14. The Kier molecular flexibility index (Phi) is 4.90. The molecule has 1 N–H and O–H groups in total. The van der Waals surface area contributed by atoms with Crippen LogP contribution in [0.15, 0.2) is 29.6 Å². The van der Waals surface area contributed by atoms with Crippen molar-refractivity contribution >= 4 is 22.4 Å². The number of nitrogens with one attached hydrogen (secondary N) is 1. The summed E-state index contributed by atoms with van der Waals surface area (Å²) in [4.78, 5) is 16.2. The van der Waals surface area contributed by atoms with Gasteiger partial charge < -0.3 is 5.32 Å². The molecule has 3 nitrogen and oxygen atoms in total. The monoisotopic (exact) mass is 288 g/mol. The van der Waals surface area contributed by atoms with E-state index in [2.05, 4.69) is 55.3 Å². The van der Waals surface area contributed by atoms with Gasteiger partial charge in [-0.05, 0) is 19.3 Å². The Morgan fingerprint density at radius 2 is 2.00 bits per heavy atom. The van der Waals surface area contributed by atoms with Gasteiger partial charge in [0, 0.05) is 17.4 Å². The molecule has 0 saturated carbocycles. The van der Waals surface area contributed by atoms with Crippen LogP contribution in [-0.4, -0.2) is 10.9 Å². The lowest BCUT2D eigenvalue weighted by Crippen LogP contribution is -2.11. The highest BCUT2D eigenvalue weighted by Crippen LogP contribution is 2.25. The smallest absolute Gasteiger partial charge is 0.226 e. The van der Waals surface area contributed by atoms with Crippen molar-refractivity contribution in [3.63, 3.8) is 0 Å². The summed E-state index contributed by atoms with van der Waals surface area (Å²) in [5.74, 6) is 0.587. The molecule has 0 aliphatic rings. The molecule has 0 saturated heterocycles. The average molecular weight is 288 g/mol. The minimum Gasteiger partial charge on any atom is -0.302 e. The van der Waals surface area contributed by atoms with Gasteiger partial charge in [0.2, 0.25) is 5.91 Å². The van der Waals surface area contributed by atoms with Gasteiger partial charge >= 0.3 is 0 Å². The minimum absolute atomic E-state index is 0.0449. The number of aryl methyl sites for hydroxylation is 1. The van der Waals surface area contributed by atoms with E-state index in [1.54, 1.807) is 0 Å². The fourth-order valence-electron chi connectivity index (χ4n) is 1.79. The highest BCUT2D eigenvalue weighted by Gasteiger charge is 2.08. The number of amides is 1. The number of aromatic nitrogens is 1. The number of rotatable bonds is 5. The van der Waals surface area contributed by atoms with Crippen molar-refractivity contribution in [1.82, 2.24) is 4.98 Å². The van der Waals surface area contributed by atoms with Crippen molar-refractivity contribution in [2.45, 2.75) is 33.6 Å². The van der Waals surface area contributed by atoms with Crippen molar-refractivity contribution in [1.29, 1.82) is 0 Å². The zero-order valence-corrected chi connectivity index (χ0v) is 13.0. The molecule has 0 aliphatic heterocycles. The number of benzene rings is 1. The van der Waals surface area contributed by atoms with Crippen LogP contribution in [0.2, 0.25) is 0 Å². The maximum absolute atomic E-state index is 11.8. The number of carbonyl (C=O) groups is 1. The first kappa shape index (κ1) is 14.7. The number of hydrogen-bond acceptors (Lipinski definition) is 3. The number of thiazole rings is 1. The lowest BCUT2D eigenvalue weighted by atomic mass is 10.1. The second-order valence-electron chi connectivity index (χ2n) is 5.38. The molecule has 1 aromatic heterocycles. The Hall–Kier alpha value is -1.68. The summed E-state index contributed by atoms with van der Waals surface area (Å²) >= 11 is 1.47. The van der Waals surface area contributed by atoms with Crippen LogP contribution in [0.1, 0.15) is 32.3 Å². The first-order valence-electron chi connectivity index (χ1n) is 6.87. The van der Waals surface area contributed by atoms with Gasteiger partial charge in [-0.3, -0.25) is 4.79 Å². The molecule has 2 rings (SSSR count). The van der Waals surface area contributed by atoms with Crippen LogP contribution in [0.25, 0.3) is 11.3 Å². The molecular formula is C16H20N2OS. The van der Waals surface area contributed by atoms with E-state index in [0.29, 0.717) is 17.5 Å². The first-order chi connectivity index (χ1) is 9.54. The zero-order chi connectivity index (χ0) is 14.5. The molecule has 20 heavy (non-hydrogen) atoms. The average Bonchev–Trinajstić information content (AvgIpc) is 2.85. The molecule has 1 amide bonds. The number of anilines is 1. The molecule has 0 bridgehead atoms. The summed E-state index contributed by atoms with van der Waals surface area (Å²) < 4.78 is 0. The number of nitrogens with zero attached hydrogens (tertiary/aromatic N) is 1. The summed E-state index contributed by atoms with van der Waals surface area (Å²) in [5.41, 5.74) is 3.22. The van der Waals surface area contributed by atoms with Gasteiger partial charge in [-0.15, -0.1) is 11.3 Å². The van der Waals surface area contributed by atoms with E-state index >= 15 is 0 Å². The Balaban J connectivity index is 1.98. The SMILES string of the molecule is Cc1ccc(-c2csc(NC(=O)CCC(C)C)n2)cc1. The van der Waals surface area contributed by atoms with Crippen LogP contribution in [0.5, 0.6) is 0 Å². The van der Waals surface area contributed by atoms with E-state index in [0.717, 1.165) is 17.7 Å². The molecule has 0 atom stereocenters. The van der Waals surface area contributed by atoms with Gasteiger partial charge in [-0.25, -0.2) is 4.98 Å². The Bertz CT molecular complexity index is 572. The second-order valence-corrected chi connectivity index (χ2v) is 6.24. The molecule has 2 aromatic rings. The van der Waals surface area contributed by atoms with Crippen molar-refractivity contribution in [3.05, 3.63) is 35.2 Å². The third kappa shape index (κ3) is 4.17. The van der Waals surface area contributed by atoms with E-state index < -0.39 is 0 Å². The quantitative estimate of drug-likeness (QED) is 0.880. The Morgan fingerprint density at radius 1 is 1.30 bits per heavy atom. The molecule has 0 fully saturated rings. The van der Waals surface area contributed by atoms with Crippen molar-refractivity contribution in [2.75, 3.05) is 5.32 Å². The first-order valence-corrected chi connectivity index (χ1v) is 7.75. The van der Waals surface area contributed by atoms with Crippen molar-refractivity contribution in [2.24, 2.45) is 5.92 Å². The largest absolute Gasteiger partial charge is 0.302 e. The maximum atomic E-state index is 11.8. The fourth-order valence-corrected chi connectivity index (χ4v) is 2.53. The van der Waals surface area contributed by atoms with E-state index in [-0.39, 0.29) is 5.91 Å². The molecule has 0 spiro atoms. The van der Waals surface area contributed by atoms with Gasteiger partial charge in [0.05, 0.1) is 5.69 Å². The zero-order valence-electron chi connectivity index (χ0n) is 12.1. The van der Waals surface area contributed by atoms with Crippen LogP contribution in [0, 0.1) is 12.8 Å². The topological polar surface area (TPSA) is 42.0 Å². The second kappa shape index (κ2) is 6.66. The molecule has 1 aromatic carbocycles. The molecule has 1 heterocycles. The van der Waals surface area contributed by atoms with Gasteiger partial charge in [0.25, 0.3) is 0 Å². The van der Waals surface area contributed by atoms with E-state index in [1.165, 1.54) is 16.9 Å². The summed E-state index contributed by atoms with van der Waals surface area (Å²) in [6, 6.07) is 8.23. The Labute approximate surface area is 124 Å². The molecule has 106 valence electrons. The summed E-state index contributed by atoms with van der Waals surface area (Å²) in [6.07, 6.45) is 1.46. The summed E-state index contributed by atoms with van der Waals surface area (Å²) in [6.45, 7) is 6.30. The molecule has 0 unspecified atom stereocenters.